The van der Waals surface area contributed by atoms with E-state index in [0.717, 1.165) is 51.4 Å². The Kier molecular flexibility index (Phi) is 24.4. The number of hydrogen-bond acceptors (Lipinski definition) is 4. The van der Waals surface area contributed by atoms with Crippen LogP contribution in [0.15, 0.2) is 0 Å². The predicted molar refractivity (Wildman–Crippen MR) is 119 cm³/mol. The zero-order valence-electron chi connectivity index (χ0n) is 19.7. The maximum absolute atomic E-state index is 10.8. The molecule has 0 fully saturated rings. The Bertz CT molecular complexity index is 429. The van der Waals surface area contributed by atoms with Crippen LogP contribution in [0.4, 0.5) is 0 Å². The largest absolute Gasteiger partial charge is 1.00 e. The Morgan fingerprint density at radius 2 is 0.966 bits per heavy atom. The third kappa shape index (κ3) is 23.4. The second kappa shape index (κ2) is 22.1. The summed E-state index contributed by atoms with van der Waals surface area (Å²) in [5.41, 5.74) is 0. The maximum Gasteiger partial charge on any atom is 1.00 e. The van der Waals surface area contributed by atoms with Gasteiger partial charge in [0.15, 0.2) is 0 Å². The summed E-state index contributed by atoms with van der Waals surface area (Å²) in [6.45, 7) is 3.76. The molecule has 1 N–H and O–H groups in total. The van der Waals surface area contributed by atoms with Crippen molar-refractivity contribution in [1.82, 2.24) is 0 Å². The number of unbranched alkanes of at least 4 members (excludes halogenated alkanes) is 14. The van der Waals surface area contributed by atoms with Gasteiger partial charge in [-0.3, -0.25) is 0 Å². The van der Waals surface area contributed by atoms with Crippen molar-refractivity contribution >= 4 is 10.1 Å². The van der Waals surface area contributed by atoms with Crippen molar-refractivity contribution in [3.05, 3.63) is 0 Å². The molecular weight excluding hydrogens is 395 g/mol. The molecule has 4 nitrogen and oxygen atoms in total. The van der Waals surface area contributed by atoms with Crippen LogP contribution in [0.2, 0.25) is 0 Å². The van der Waals surface area contributed by atoms with Crippen LogP contribution in [0.25, 0.3) is 0 Å². The third-order valence-electron chi connectivity index (χ3n) is 5.78. The fourth-order valence-electron chi connectivity index (χ4n) is 3.67. The first-order valence-corrected chi connectivity index (χ1v) is 13.5. The van der Waals surface area contributed by atoms with Gasteiger partial charge in [0.25, 0.3) is 0 Å². The van der Waals surface area contributed by atoms with E-state index in [0.29, 0.717) is 6.42 Å². The van der Waals surface area contributed by atoms with Crippen molar-refractivity contribution < 1.29 is 47.6 Å². The van der Waals surface area contributed by atoms with Gasteiger partial charge in [0.1, 0.15) is 0 Å². The van der Waals surface area contributed by atoms with Gasteiger partial charge in [-0.1, -0.05) is 110 Å². The summed E-state index contributed by atoms with van der Waals surface area (Å²) >= 11 is 0. The Labute approximate surface area is 204 Å². The molecule has 0 aliphatic rings. The first-order valence-electron chi connectivity index (χ1n) is 12.0. The Balaban J connectivity index is 0. The van der Waals surface area contributed by atoms with Gasteiger partial charge in [0.05, 0.1) is 16.2 Å². The molecule has 6 heteroatoms. The molecular formula is C23H47NaO4S. The summed E-state index contributed by atoms with van der Waals surface area (Å²) in [7, 11) is -4.11. The zero-order valence-corrected chi connectivity index (χ0v) is 22.5. The van der Waals surface area contributed by atoms with Crippen LogP contribution in [-0.4, -0.2) is 29.4 Å². The summed E-state index contributed by atoms with van der Waals surface area (Å²) < 4.78 is 32.4. The maximum atomic E-state index is 10.8. The minimum atomic E-state index is -4.11. The molecule has 29 heavy (non-hydrogen) atoms. The molecule has 0 saturated carbocycles. The van der Waals surface area contributed by atoms with Gasteiger partial charge in [-0.05, 0) is 26.2 Å². The van der Waals surface area contributed by atoms with Crippen molar-refractivity contribution in [3.8, 4) is 0 Å². The van der Waals surface area contributed by atoms with Crippen LogP contribution in [0.5, 0.6) is 0 Å². The standard InChI is InChI=1S/C23H48O4S.Na/c1-3-4-5-6-7-8-11-14-17-20-23(24)21-18-15-12-9-10-13-16-19-22(2)28(25,26)27;/h22-24H,3-21H2,1-2H3,(H,25,26,27);/q;+1/p-1. The Morgan fingerprint density at radius 3 is 1.31 bits per heavy atom. The molecule has 170 valence electrons. The van der Waals surface area contributed by atoms with Gasteiger partial charge in [-0.25, -0.2) is 8.42 Å². The molecule has 0 aliphatic carbocycles. The van der Waals surface area contributed by atoms with Crippen molar-refractivity contribution in [1.29, 1.82) is 0 Å². The third-order valence-corrected chi connectivity index (χ3v) is 7.00. The van der Waals surface area contributed by atoms with Gasteiger partial charge in [0.2, 0.25) is 0 Å². The van der Waals surface area contributed by atoms with Gasteiger partial charge >= 0.3 is 29.6 Å². The van der Waals surface area contributed by atoms with E-state index in [9.17, 15) is 18.1 Å². The van der Waals surface area contributed by atoms with Crippen LogP contribution in [0.3, 0.4) is 0 Å². The molecule has 0 radical (unpaired) electrons. The van der Waals surface area contributed by atoms with Crippen LogP contribution in [0.1, 0.15) is 136 Å². The van der Waals surface area contributed by atoms with Crippen molar-refractivity contribution in [2.45, 2.75) is 147 Å². The van der Waals surface area contributed by atoms with Crippen molar-refractivity contribution in [2.24, 2.45) is 0 Å². The molecule has 0 aromatic rings. The molecule has 0 amide bonds. The van der Waals surface area contributed by atoms with E-state index in [-0.39, 0.29) is 35.7 Å². The monoisotopic (exact) mass is 442 g/mol. The van der Waals surface area contributed by atoms with Gasteiger partial charge < -0.3 is 9.66 Å². The zero-order chi connectivity index (χ0) is 21.1. The molecule has 0 aromatic heterocycles. The Morgan fingerprint density at radius 1 is 0.655 bits per heavy atom. The SMILES string of the molecule is CCCCCCCCCCCC(O)CCCCCCCCCC(C)S(=O)(=O)[O-].[Na+]. The molecule has 0 aromatic carbocycles. The number of aliphatic hydroxyl groups excluding tert-OH is 1. The van der Waals surface area contributed by atoms with E-state index in [2.05, 4.69) is 6.92 Å². The molecule has 2 unspecified atom stereocenters. The fraction of sp³-hybridized carbons (Fsp3) is 1.00. The summed E-state index contributed by atoms with van der Waals surface area (Å²) in [4.78, 5) is 0. The van der Waals surface area contributed by atoms with Crippen molar-refractivity contribution in [3.63, 3.8) is 0 Å². The molecule has 0 saturated heterocycles. The smallest absolute Gasteiger partial charge is 0.748 e. The number of rotatable bonds is 21. The summed E-state index contributed by atoms with van der Waals surface area (Å²) in [5, 5.41) is 9.31. The van der Waals surface area contributed by atoms with E-state index >= 15 is 0 Å². The summed E-state index contributed by atoms with van der Waals surface area (Å²) in [6.07, 6.45) is 21.7. The van der Waals surface area contributed by atoms with Gasteiger partial charge in [-0.15, -0.1) is 0 Å². The van der Waals surface area contributed by atoms with Crippen LogP contribution < -0.4 is 29.6 Å². The number of hydrogen-bond donors (Lipinski definition) is 1. The molecule has 2 atom stereocenters. The van der Waals surface area contributed by atoms with Crippen LogP contribution in [0, 0.1) is 0 Å². The van der Waals surface area contributed by atoms with E-state index in [1.54, 1.807) is 0 Å². The summed E-state index contributed by atoms with van der Waals surface area (Å²) in [6, 6.07) is 0. The number of aliphatic hydroxyl groups is 1. The van der Waals surface area contributed by atoms with E-state index < -0.39 is 15.4 Å². The molecule has 0 rings (SSSR count). The second-order valence-electron chi connectivity index (χ2n) is 8.63. The topological polar surface area (TPSA) is 77.4 Å². The minimum absolute atomic E-state index is 0. The average molecular weight is 443 g/mol. The first-order chi connectivity index (χ1) is 13.4. The van der Waals surface area contributed by atoms with Crippen molar-refractivity contribution in [2.75, 3.05) is 0 Å². The average Bonchev–Trinajstić information content (AvgIpc) is 2.64. The van der Waals surface area contributed by atoms with Crippen LogP contribution in [-0.2, 0) is 10.1 Å². The molecule has 0 spiro atoms. The molecule has 0 aliphatic heterocycles. The fourth-order valence-corrected chi connectivity index (χ4v) is 4.13. The van der Waals surface area contributed by atoms with E-state index in [1.165, 1.54) is 71.1 Å². The second-order valence-corrected chi connectivity index (χ2v) is 10.4. The normalized spacial score (nSPS) is 13.8. The van der Waals surface area contributed by atoms with Gasteiger partial charge in [0, 0.05) is 5.25 Å². The van der Waals surface area contributed by atoms with Crippen LogP contribution >= 0.6 is 0 Å². The summed E-state index contributed by atoms with van der Waals surface area (Å²) in [5.74, 6) is 0. The quantitative estimate of drug-likeness (QED) is 0.167. The van der Waals surface area contributed by atoms with E-state index in [4.69, 9.17) is 0 Å². The van der Waals surface area contributed by atoms with Gasteiger partial charge in [-0.2, -0.15) is 0 Å². The molecule has 0 heterocycles. The van der Waals surface area contributed by atoms with E-state index in [1.807, 2.05) is 0 Å². The molecule has 0 bridgehead atoms. The minimum Gasteiger partial charge on any atom is -0.748 e. The Hall–Kier alpha value is 0.870. The predicted octanol–water partition coefficient (Wildman–Crippen LogP) is 3.72. The first kappa shape index (κ1) is 32.1.